The summed E-state index contributed by atoms with van der Waals surface area (Å²) in [6, 6.07) is 40.8. The van der Waals surface area contributed by atoms with Crippen molar-refractivity contribution in [2.75, 3.05) is 10.6 Å². The second-order valence-corrected chi connectivity index (χ2v) is 13.2. The molecule has 3 N–H and O–H groups in total. The van der Waals surface area contributed by atoms with Gasteiger partial charge < -0.3 is 20.4 Å². The van der Waals surface area contributed by atoms with E-state index in [1.54, 1.807) is 42.5 Å². The third kappa shape index (κ3) is 8.12. The molecule has 48 heavy (non-hydrogen) atoms. The van der Waals surface area contributed by atoms with Gasteiger partial charge in [0.15, 0.2) is 0 Å². The van der Waals surface area contributed by atoms with Crippen molar-refractivity contribution in [3.8, 4) is 11.3 Å². The summed E-state index contributed by atoms with van der Waals surface area (Å²) in [5.41, 5.74) is 2.58. The van der Waals surface area contributed by atoms with E-state index in [4.69, 9.17) is 4.42 Å². The van der Waals surface area contributed by atoms with Gasteiger partial charge in [0.25, 0.3) is 11.8 Å². The van der Waals surface area contributed by atoms with E-state index in [9.17, 15) is 14.4 Å². The number of hydrogen-bond acceptors (Lipinski definition) is 5. The molecule has 0 radical (unpaired) electrons. The van der Waals surface area contributed by atoms with Crippen molar-refractivity contribution in [3.05, 3.63) is 155 Å². The van der Waals surface area contributed by atoms with Gasteiger partial charge in [-0.2, -0.15) is 0 Å². The van der Waals surface area contributed by atoms with E-state index in [0.717, 1.165) is 31.4 Å². The molecule has 6 rings (SSSR count). The fourth-order valence-corrected chi connectivity index (χ4v) is 6.06. The quantitative estimate of drug-likeness (QED) is 0.0970. The van der Waals surface area contributed by atoms with E-state index in [-0.39, 0.29) is 16.9 Å². The molecule has 6 aromatic rings. The third-order valence-electron chi connectivity index (χ3n) is 7.41. The monoisotopic (exact) mass is 715 g/mol. The number of hydrogen-bond donors (Lipinski definition) is 3. The summed E-state index contributed by atoms with van der Waals surface area (Å²) >= 11 is 4.85. The number of thioether (sulfide) groups is 1. The van der Waals surface area contributed by atoms with Crippen LogP contribution in [0, 0.1) is 0 Å². The Morgan fingerprint density at radius 1 is 0.750 bits per heavy atom. The SMILES string of the molecule is CC(Sc1ccc(NC(=O)C(=Cc2ccc(-c3ccc(Br)cc3)o2)NC(=O)c2ccccc2)cc1)C(=O)Nc1cccc2ccccc12. The fraction of sp³-hybridized carbons (Fsp3) is 0.0513. The smallest absolute Gasteiger partial charge is 0.272 e. The average molecular weight is 717 g/mol. The molecule has 0 saturated heterocycles. The number of nitrogens with one attached hydrogen (secondary N) is 3. The highest BCUT2D eigenvalue weighted by Crippen LogP contribution is 2.29. The maximum Gasteiger partial charge on any atom is 0.272 e. The summed E-state index contributed by atoms with van der Waals surface area (Å²) in [5, 5.41) is 10.3. The van der Waals surface area contributed by atoms with E-state index < -0.39 is 11.8 Å². The van der Waals surface area contributed by atoms with Crippen LogP contribution in [0.15, 0.2) is 153 Å². The highest BCUT2D eigenvalue weighted by atomic mass is 79.9. The Labute approximate surface area is 290 Å². The third-order valence-corrected chi connectivity index (χ3v) is 9.05. The van der Waals surface area contributed by atoms with Gasteiger partial charge in [0, 0.05) is 43.3 Å². The minimum absolute atomic E-state index is 0.0118. The maximum absolute atomic E-state index is 13.5. The van der Waals surface area contributed by atoms with Crippen molar-refractivity contribution in [1.82, 2.24) is 5.32 Å². The lowest BCUT2D eigenvalue weighted by Gasteiger charge is -2.14. The molecule has 9 heteroatoms. The lowest BCUT2D eigenvalue weighted by molar-refractivity contribution is -0.115. The first-order chi connectivity index (χ1) is 23.3. The van der Waals surface area contributed by atoms with Crippen molar-refractivity contribution in [2.45, 2.75) is 17.1 Å². The predicted molar refractivity (Wildman–Crippen MR) is 197 cm³/mol. The summed E-state index contributed by atoms with van der Waals surface area (Å²) in [7, 11) is 0. The number of furan rings is 1. The van der Waals surface area contributed by atoms with E-state index >= 15 is 0 Å². The van der Waals surface area contributed by atoms with Gasteiger partial charge in [-0.15, -0.1) is 11.8 Å². The molecule has 0 aliphatic carbocycles. The van der Waals surface area contributed by atoms with Crippen molar-refractivity contribution in [3.63, 3.8) is 0 Å². The molecule has 0 aliphatic rings. The standard InChI is InChI=1S/C39H30BrN3O4S/c1-25(37(44)42-34-13-7-11-26-8-5-6-12-33(26)34)48-32-21-18-30(19-22-32)41-39(46)35(43-38(45)28-9-3-2-4-10-28)24-31-20-23-36(47-31)27-14-16-29(40)17-15-27/h2-25H,1H3,(H,41,46)(H,42,44)(H,43,45). The lowest BCUT2D eigenvalue weighted by Crippen LogP contribution is -2.30. The first-order valence-electron chi connectivity index (χ1n) is 15.1. The van der Waals surface area contributed by atoms with Gasteiger partial charge in [-0.1, -0.05) is 82.7 Å². The second-order valence-electron chi connectivity index (χ2n) is 10.8. The van der Waals surface area contributed by atoms with Gasteiger partial charge in [-0.25, -0.2) is 0 Å². The first-order valence-corrected chi connectivity index (χ1v) is 16.8. The molecule has 0 fully saturated rings. The summed E-state index contributed by atoms with van der Waals surface area (Å²) in [6.45, 7) is 1.85. The molecule has 238 valence electrons. The highest BCUT2D eigenvalue weighted by molar-refractivity contribution is 9.10. The van der Waals surface area contributed by atoms with Crippen molar-refractivity contribution < 1.29 is 18.8 Å². The topological polar surface area (TPSA) is 100 Å². The van der Waals surface area contributed by atoms with Gasteiger partial charge in [0.2, 0.25) is 5.91 Å². The minimum atomic E-state index is -0.524. The van der Waals surface area contributed by atoms with Crippen LogP contribution in [0.3, 0.4) is 0 Å². The van der Waals surface area contributed by atoms with Gasteiger partial charge in [-0.3, -0.25) is 14.4 Å². The normalized spacial score (nSPS) is 11.9. The number of amides is 3. The molecule has 0 spiro atoms. The predicted octanol–water partition coefficient (Wildman–Crippen LogP) is 9.39. The molecule has 1 unspecified atom stereocenters. The van der Waals surface area contributed by atoms with Gasteiger partial charge in [-0.05, 0) is 79.0 Å². The molecule has 0 saturated carbocycles. The van der Waals surface area contributed by atoms with E-state index in [1.807, 2.05) is 97.9 Å². The van der Waals surface area contributed by atoms with Crippen LogP contribution < -0.4 is 16.0 Å². The van der Waals surface area contributed by atoms with Gasteiger partial charge in [0.1, 0.15) is 17.2 Å². The van der Waals surface area contributed by atoms with E-state index in [0.29, 0.717) is 22.8 Å². The number of benzene rings is 5. The van der Waals surface area contributed by atoms with Crippen molar-refractivity contribution >= 4 is 73.6 Å². The lowest BCUT2D eigenvalue weighted by atomic mass is 10.1. The number of rotatable bonds is 10. The molecule has 7 nitrogen and oxygen atoms in total. The highest BCUT2D eigenvalue weighted by Gasteiger charge is 2.18. The molecule has 0 bridgehead atoms. The number of halogens is 1. The Kier molecular flexibility index (Phi) is 10.2. The van der Waals surface area contributed by atoms with Crippen molar-refractivity contribution in [2.24, 2.45) is 0 Å². The number of carbonyl (C=O) groups is 3. The molecule has 0 aliphatic heterocycles. The molecule has 5 aromatic carbocycles. The Hall–Kier alpha value is -5.38. The summed E-state index contributed by atoms with van der Waals surface area (Å²) in [4.78, 5) is 40.5. The summed E-state index contributed by atoms with van der Waals surface area (Å²) in [5.74, 6) is -0.0489. The zero-order valence-corrected chi connectivity index (χ0v) is 28.2. The maximum atomic E-state index is 13.5. The Morgan fingerprint density at radius 2 is 1.46 bits per heavy atom. The first kappa shape index (κ1) is 32.6. The average Bonchev–Trinajstić information content (AvgIpc) is 3.58. The molecular weight excluding hydrogens is 686 g/mol. The van der Waals surface area contributed by atoms with Crippen LogP contribution in [-0.2, 0) is 9.59 Å². The molecule has 1 heterocycles. The molecular formula is C39H30BrN3O4S. The van der Waals surface area contributed by atoms with Gasteiger partial charge >= 0.3 is 0 Å². The molecule has 1 atom stereocenters. The van der Waals surface area contributed by atoms with Crippen LogP contribution in [0.25, 0.3) is 28.2 Å². The number of anilines is 2. The largest absolute Gasteiger partial charge is 0.457 e. The van der Waals surface area contributed by atoms with Gasteiger partial charge in [0.05, 0.1) is 5.25 Å². The van der Waals surface area contributed by atoms with Crippen LogP contribution >= 0.6 is 27.7 Å². The van der Waals surface area contributed by atoms with Crippen LogP contribution in [0.2, 0.25) is 0 Å². The number of carbonyl (C=O) groups excluding carboxylic acids is 3. The summed E-state index contributed by atoms with van der Waals surface area (Å²) < 4.78 is 6.95. The second kappa shape index (κ2) is 15.0. The van der Waals surface area contributed by atoms with E-state index in [2.05, 4.69) is 31.9 Å². The zero-order chi connectivity index (χ0) is 33.5. The van der Waals surface area contributed by atoms with Crippen LogP contribution in [-0.4, -0.2) is 23.0 Å². The molecule has 3 amide bonds. The Bertz CT molecular complexity index is 2100. The zero-order valence-electron chi connectivity index (χ0n) is 25.8. The molecule has 1 aromatic heterocycles. The van der Waals surface area contributed by atoms with Crippen molar-refractivity contribution in [1.29, 1.82) is 0 Å². The van der Waals surface area contributed by atoms with Crippen LogP contribution in [0.4, 0.5) is 11.4 Å². The fourth-order valence-electron chi connectivity index (χ4n) is 4.93. The van der Waals surface area contributed by atoms with E-state index in [1.165, 1.54) is 17.8 Å². The number of fused-ring (bicyclic) bond motifs is 1. The summed E-state index contributed by atoms with van der Waals surface area (Å²) in [6.07, 6.45) is 1.50. The minimum Gasteiger partial charge on any atom is -0.457 e. The Balaban J connectivity index is 1.14. The van der Waals surface area contributed by atoms with Crippen LogP contribution in [0.5, 0.6) is 0 Å². The Morgan fingerprint density at radius 3 is 2.23 bits per heavy atom. The van der Waals surface area contributed by atoms with Crippen LogP contribution in [0.1, 0.15) is 23.0 Å².